The van der Waals surface area contributed by atoms with Crippen molar-refractivity contribution < 1.29 is 19.1 Å². The van der Waals surface area contributed by atoms with Crippen LogP contribution in [-0.4, -0.2) is 40.8 Å². The molecule has 0 saturated heterocycles. The quantitative estimate of drug-likeness (QED) is 0.608. The van der Waals surface area contributed by atoms with Crippen molar-refractivity contribution in [2.75, 3.05) is 6.61 Å². The van der Waals surface area contributed by atoms with Gasteiger partial charge < -0.3 is 20.5 Å². The first-order valence-electron chi connectivity index (χ1n) is 12.0. The zero-order valence-electron chi connectivity index (χ0n) is 21.7. The minimum absolute atomic E-state index is 0.151. The summed E-state index contributed by atoms with van der Waals surface area (Å²) in [4.78, 5) is 29.8. The number of nitrogens with one attached hydrogen (secondary N) is 1. The number of hydrogen-bond donors (Lipinski definition) is 2. The third-order valence-electron chi connectivity index (χ3n) is 6.43. The molecule has 0 unspecified atom stereocenters. The van der Waals surface area contributed by atoms with Crippen molar-refractivity contribution in [1.82, 2.24) is 5.32 Å². The summed E-state index contributed by atoms with van der Waals surface area (Å²) in [6.45, 7) is 11.5. The van der Waals surface area contributed by atoms with Gasteiger partial charge in [0.15, 0.2) is 11.5 Å². The molecule has 0 atom stereocenters. The fourth-order valence-electron chi connectivity index (χ4n) is 4.73. The second-order valence-corrected chi connectivity index (χ2v) is 11.2. The number of rotatable bonds is 6. The van der Waals surface area contributed by atoms with Crippen LogP contribution in [0.5, 0.6) is 11.5 Å². The van der Waals surface area contributed by atoms with Crippen LogP contribution in [0.15, 0.2) is 35.3 Å². The maximum absolute atomic E-state index is 13.0. The molecule has 2 heterocycles. The van der Waals surface area contributed by atoms with E-state index in [1.54, 1.807) is 26.0 Å². The van der Waals surface area contributed by atoms with Crippen LogP contribution in [0, 0.1) is 12.3 Å². The van der Waals surface area contributed by atoms with Gasteiger partial charge in [-0.2, -0.15) is 0 Å². The lowest BCUT2D eigenvalue weighted by Crippen LogP contribution is -2.53. The second kappa shape index (κ2) is 8.70. The van der Waals surface area contributed by atoms with Gasteiger partial charge in [0, 0.05) is 28.7 Å². The normalized spacial score (nSPS) is 17.1. The number of benzene rings is 2. The molecule has 7 nitrogen and oxygen atoms in total. The highest BCUT2D eigenvalue weighted by Crippen LogP contribution is 2.48. The lowest BCUT2D eigenvalue weighted by Gasteiger charge is -2.31. The number of ether oxygens (including phenoxy) is 2. The number of carbonyl (C=O) groups excluding carboxylic acids is 2. The zero-order chi connectivity index (χ0) is 26.5. The van der Waals surface area contributed by atoms with Gasteiger partial charge in [-0.25, -0.2) is 0 Å². The molecular formula is C29H33N3O4. The zero-order valence-corrected chi connectivity index (χ0v) is 21.7. The van der Waals surface area contributed by atoms with Gasteiger partial charge >= 0.3 is 0 Å². The summed E-state index contributed by atoms with van der Waals surface area (Å²) in [7, 11) is 0. The number of aliphatic imine (C=N–C) groups is 1. The third-order valence-corrected chi connectivity index (χ3v) is 6.43. The predicted molar refractivity (Wildman–Crippen MR) is 140 cm³/mol. The Kier molecular flexibility index (Phi) is 6.12. The number of nitrogens with zero attached hydrogens (tertiary/aromatic N) is 1. The van der Waals surface area contributed by atoms with Gasteiger partial charge in [-0.3, -0.25) is 14.6 Å². The van der Waals surface area contributed by atoms with Gasteiger partial charge in [-0.1, -0.05) is 18.1 Å². The van der Waals surface area contributed by atoms with E-state index in [4.69, 9.17) is 26.6 Å². The van der Waals surface area contributed by atoms with Crippen LogP contribution in [0.1, 0.15) is 74.2 Å². The number of carbonyl (C=O) groups is 2. The molecule has 4 rings (SSSR count). The summed E-state index contributed by atoms with van der Waals surface area (Å²) in [6.07, 6.45) is 6.86. The van der Waals surface area contributed by atoms with Crippen molar-refractivity contribution in [3.63, 3.8) is 0 Å². The van der Waals surface area contributed by atoms with E-state index in [1.807, 2.05) is 32.0 Å². The Morgan fingerprint density at radius 3 is 2.61 bits per heavy atom. The van der Waals surface area contributed by atoms with Gasteiger partial charge in [0.05, 0.1) is 11.3 Å². The van der Waals surface area contributed by atoms with Crippen LogP contribution >= 0.6 is 0 Å². The summed E-state index contributed by atoms with van der Waals surface area (Å²) in [6, 6.07) is 9.27. The topological polar surface area (TPSA) is 103 Å². The molecule has 2 aromatic rings. The van der Waals surface area contributed by atoms with Gasteiger partial charge in [0.25, 0.3) is 5.91 Å². The fraction of sp³-hybridized carbons (Fsp3) is 0.414. The van der Waals surface area contributed by atoms with E-state index < -0.39 is 17.0 Å². The van der Waals surface area contributed by atoms with Crippen LogP contribution in [0.3, 0.4) is 0 Å². The molecule has 7 heteroatoms. The summed E-state index contributed by atoms with van der Waals surface area (Å²) in [5.41, 5.74) is 8.63. The number of hydrogen-bond acceptors (Lipinski definition) is 5. The minimum atomic E-state index is -1.18. The van der Waals surface area contributed by atoms with E-state index in [0.717, 1.165) is 34.4 Å². The van der Waals surface area contributed by atoms with E-state index in [1.165, 1.54) is 0 Å². The molecule has 0 spiro atoms. The first kappa shape index (κ1) is 25.3. The molecule has 2 aliphatic heterocycles. The summed E-state index contributed by atoms with van der Waals surface area (Å²) in [5.74, 6) is 2.87. The average Bonchev–Trinajstić information content (AvgIpc) is 3.10. The molecule has 2 amide bonds. The molecule has 36 heavy (non-hydrogen) atoms. The smallest absolute Gasteiger partial charge is 0.252 e. The molecule has 2 aliphatic rings. The monoisotopic (exact) mass is 487 g/mol. The van der Waals surface area contributed by atoms with E-state index in [-0.39, 0.29) is 18.1 Å². The van der Waals surface area contributed by atoms with Gasteiger partial charge in [0.1, 0.15) is 17.7 Å². The van der Waals surface area contributed by atoms with E-state index in [9.17, 15) is 9.59 Å². The Hall–Kier alpha value is -3.79. The highest BCUT2D eigenvalue weighted by atomic mass is 16.5. The lowest BCUT2D eigenvalue weighted by molar-refractivity contribution is -0.122. The highest BCUT2D eigenvalue weighted by molar-refractivity contribution is 6.17. The largest absolute Gasteiger partial charge is 0.483 e. The molecule has 0 aliphatic carbocycles. The SMILES string of the molecule is C#CCOc1cc2c(c3c1OC(C)(C)C3)C(c1cccc(C(=O)NC(C)(C)C(N)=O)c1)=NC(C)(C)C2. The van der Waals surface area contributed by atoms with Gasteiger partial charge in [-0.15, -0.1) is 6.42 Å². The van der Waals surface area contributed by atoms with E-state index >= 15 is 0 Å². The second-order valence-electron chi connectivity index (χ2n) is 11.2. The van der Waals surface area contributed by atoms with Gasteiger partial charge in [-0.05, 0) is 71.7 Å². The fourth-order valence-corrected chi connectivity index (χ4v) is 4.73. The predicted octanol–water partition coefficient (Wildman–Crippen LogP) is 3.58. The molecule has 2 aromatic carbocycles. The van der Waals surface area contributed by atoms with Crippen LogP contribution in [0.25, 0.3) is 0 Å². The van der Waals surface area contributed by atoms with Crippen LogP contribution in [0.2, 0.25) is 0 Å². The summed E-state index contributed by atoms with van der Waals surface area (Å²) in [5, 5.41) is 2.71. The lowest BCUT2D eigenvalue weighted by atomic mass is 9.80. The molecule has 0 aromatic heterocycles. The number of terminal acetylenes is 1. The van der Waals surface area contributed by atoms with Gasteiger partial charge in [0.2, 0.25) is 5.91 Å². The molecule has 0 saturated carbocycles. The van der Waals surface area contributed by atoms with Crippen LogP contribution in [0.4, 0.5) is 0 Å². The van der Waals surface area contributed by atoms with Crippen molar-refractivity contribution in [1.29, 1.82) is 0 Å². The minimum Gasteiger partial charge on any atom is -0.483 e. The first-order valence-corrected chi connectivity index (χ1v) is 12.0. The number of fused-ring (bicyclic) bond motifs is 3. The van der Waals surface area contributed by atoms with Crippen LogP contribution in [-0.2, 0) is 17.6 Å². The molecule has 0 fully saturated rings. The van der Waals surface area contributed by atoms with Crippen molar-refractivity contribution >= 4 is 17.5 Å². The van der Waals surface area contributed by atoms with E-state index in [2.05, 4.69) is 25.1 Å². The molecule has 3 N–H and O–H groups in total. The third kappa shape index (κ3) is 4.81. The van der Waals surface area contributed by atoms with E-state index in [0.29, 0.717) is 23.5 Å². The maximum atomic E-state index is 13.0. The van der Waals surface area contributed by atoms with Crippen molar-refractivity contribution in [2.45, 2.75) is 71.1 Å². The Bertz CT molecular complexity index is 1330. The van der Waals surface area contributed by atoms with Crippen molar-refractivity contribution in [3.8, 4) is 23.8 Å². The first-order chi connectivity index (χ1) is 16.7. The van der Waals surface area contributed by atoms with Crippen molar-refractivity contribution in [2.24, 2.45) is 10.7 Å². The Balaban J connectivity index is 1.84. The average molecular weight is 488 g/mol. The Morgan fingerprint density at radius 1 is 1.22 bits per heavy atom. The Labute approximate surface area is 212 Å². The number of nitrogens with two attached hydrogens (primary N) is 1. The highest BCUT2D eigenvalue weighted by Gasteiger charge is 2.40. The maximum Gasteiger partial charge on any atom is 0.252 e. The Morgan fingerprint density at radius 2 is 1.94 bits per heavy atom. The molecule has 0 bridgehead atoms. The number of primary amides is 1. The summed E-state index contributed by atoms with van der Waals surface area (Å²) < 4.78 is 12.2. The molecule has 0 radical (unpaired) electrons. The summed E-state index contributed by atoms with van der Waals surface area (Å²) >= 11 is 0. The standard InChI is InChI=1S/C29H33N3O4/c1-8-12-35-21-14-19-15-27(2,3)31-23(22(19)20-16-28(4,5)36-24(20)21)17-10-9-11-18(13-17)25(33)32-29(6,7)26(30)34/h1,9-11,13-14H,12,15-16H2,2-7H3,(H2,30,34)(H,32,33). The number of amides is 2. The van der Waals surface area contributed by atoms with Crippen molar-refractivity contribution in [3.05, 3.63) is 58.1 Å². The van der Waals surface area contributed by atoms with Crippen LogP contribution < -0.4 is 20.5 Å². The molecular weight excluding hydrogens is 454 g/mol. The molecule has 188 valence electrons.